The summed E-state index contributed by atoms with van der Waals surface area (Å²) in [4.78, 5) is 15.9. The fourth-order valence-electron chi connectivity index (χ4n) is 2.07. The minimum atomic E-state index is 0.505. The van der Waals surface area contributed by atoms with Gasteiger partial charge in [-0.1, -0.05) is 12.2 Å². The van der Waals surface area contributed by atoms with Crippen LogP contribution in [-0.2, 0) is 13.0 Å². The van der Waals surface area contributed by atoms with Crippen LogP contribution < -0.4 is 10.1 Å². The van der Waals surface area contributed by atoms with Crippen molar-refractivity contribution in [1.29, 1.82) is 0 Å². The van der Waals surface area contributed by atoms with Crippen molar-refractivity contribution >= 4 is 12.2 Å². The second-order valence-corrected chi connectivity index (χ2v) is 4.61. The molecule has 0 bridgehead atoms. The number of methoxy groups -OCH3 is 1. The van der Waals surface area contributed by atoms with E-state index in [2.05, 4.69) is 25.3 Å². The number of hydrogen-bond donors (Lipinski definition) is 2. The Hall–Kier alpha value is -1.86. The van der Waals surface area contributed by atoms with Crippen molar-refractivity contribution in [2.24, 2.45) is 0 Å². The Morgan fingerprint density at radius 2 is 2.26 bits per heavy atom. The number of aromatic amines is 1. The Kier molecular flexibility index (Phi) is 3.22. The Labute approximate surface area is 115 Å². The molecule has 0 saturated heterocycles. The first kappa shape index (κ1) is 12.2. The van der Waals surface area contributed by atoms with Crippen molar-refractivity contribution in [2.75, 3.05) is 13.7 Å². The Morgan fingerprint density at radius 1 is 1.37 bits per heavy atom. The highest BCUT2D eigenvalue weighted by atomic mass is 32.1. The summed E-state index contributed by atoms with van der Waals surface area (Å²) in [6.07, 6.45) is 2.37. The van der Waals surface area contributed by atoms with Crippen LogP contribution >= 0.6 is 12.2 Å². The van der Waals surface area contributed by atoms with E-state index in [0.29, 0.717) is 22.0 Å². The van der Waals surface area contributed by atoms with Gasteiger partial charge in [0.05, 0.1) is 7.11 Å². The maximum atomic E-state index is 5.34. The van der Waals surface area contributed by atoms with Gasteiger partial charge >= 0.3 is 0 Å². The van der Waals surface area contributed by atoms with Crippen LogP contribution in [0.1, 0.15) is 11.3 Å². The summed E-state index contributed by atoms with van der Waals surface area (Å²) < 4.78 is 5.71. The molecule has 1 aliphatic heterocycles. The highest BCUT2D eigenvalue weighted by Crippen LogP contribution is 2.19. The van der Waals surface area contributed by atoms with Crippen LogP contribution in [0.2, 0.25) is 0 Å². The Bertz CT molecular complexity index is 669. The van der Waals surface area contributed by atoms with E-state index in [4.69, 9.17) is 17.0 Å². The highest BCUT2D eigenvalue weighted by Gasteiger charge is 2.14. The van der Waals surface area contributed by atoms with E-state index in [-0.39, 0.29) is 0 Å². The summed E-state index contributed by atoms with van der Waals surface area (Å²) in [7, 11) is 1.57. The molecule has 6 nitrogen and oxygen atoms in total. The number of aromatic nitrogens is 4. The van der Waals surface area contributed by atoms with Crippen LogP contribution in [0, 0.1) is 4.64 Å². The lowest BCUT2D eigenvalue weighted by atomic mass is 10.1. The predicted molar refractivity (Wildman–Crippen MR) is 72.4 cm³/mol. The quantitative estimate of drug-likeness (QED) is 0.803. The predicted octanol–water partition coefficient (Wildman–Crippen LogP) is 1.25. The summed E-state index contributed by atoms with van der Waals surface area (Å²) in [6.45, 7) is 1.71. The number of H-pyrrole nitrogens is 1. The molecule has 98 valence electrons. The first-order chi connectivity index (χ1) is 9.28. The largest absolute Gasteiger partial charge is 0.481 e. The molecule has 0 spiro atoms. The lowest BCUT2D eigenvalue weighted by molar-refractivity contribution is 0.397. The second kappa shape index (κ2) is 5.02. The van der Waals surface area contributed by atoms with Gasteiger partial charge in [0.1, 0.15) is 16.7 Å². The maximum absolute atomic E-state index is 5.34. The molecule has 3 heterocycles. The molecule has 3 rings (SSSR count). The van der Waals surface area contributed by atoms with E-state index in [1.807, 2.05) is 0 Å². The van der Waals surface area contributed by atoms with Gasteiger partial charge in [0.2, 0.25) is 5.88 Å². The van der Waals surface area contributed by atoms with Gasteiger partial charge in [-0.25, -0.2) is 15.0 Å². The first-order valence-electron chi connectivity index (χ1n) is 5.97. The topological polar surface area (TPSA) is 75.7 Å². The van der Waals surface area contributed by atoms with Crippen molar-refractivity contribution in [3.05, 3.63) is 28.3 Å². The van der Waals surface area contributed by atoms with Gasteiger partial charge < -0.3 is 15.0 Å². The summed E-state index contributed by atoms with van der Waals surface area (Å²) in [5.41, 5.74) is 2.89. The maximum Gasteiger partial charge on any atom is 0.216 e. The van der Waals surface area contributed by atoms with Crippen LogP contribution in [0.15, 0.2) is 12.4 Å². The first-order valence-corrected chi connectivity index (χ1v) is 6.38. The molecule has 0 unspecified atom stereocenters. The average molecular weight is 275 g/mol. The van der Waals surface area contributed by atoms with Crippen molar-refractivity contribution in [2.45, 2.75) is 13.0 Å². The molecule has 0 amide bonds. The van der Waals surface area contributed by atoms with Crippen molar-refractivity contribution in [3.8, 4) is 17.4 Å². The SMILES string of the molecule is COc1cc(-c2nc(=S)c3c([nH]2)CCNC3)ncn1. The van der Waals surface area contributed by atoms with E-state index in [1.165, 1.54) is 6.33 Å². The highest BCUT2D eigenvalue weighted by molar-refractivity contribution is 7.71. The van der Waals surface area contributed by atoms with Crippen LogP contribution in [0.3, 0.4) is 0 Å². The Balaban J connectivity index is 2.10. The van der Waals surface area contributed by atoms with Crippen molar-refractivity contribution in [1.82, 2.24) is 25.3 Å². The molecule has 0 radical (unpaired) electrons. The number of hydrogen-bond acceptors (Lipinski definition) is 6. The molecule has 1 aliphatic rings. The normalized spacial score (nSPS) is 13.9. The third kappa shape index (κ3) is 2.34. The molecule has 0 aliphatic carbocycles. The number of nitrogens with zero attached hydrogens (tertiary/aromatic N) is 3. The summed E-state index contributed by atoms with van der Waals surface area (Å²) in [5.74, 6) is 1.16. The number of nitrogens with one attached hydrogen (secondary N) is 2. The van der Waals surface area contributed by atoms with Crippen LogP contribution in [-0.4, -0.2) is 33.6 Å². The molecule has 0 atom stereocenters. The molecule has 7 heteroatoms. The van der Waals surface area contributed by atoms with E-state index in [9.17, 15) is 0 Å². The van der Waals surface area contributed by atoms with Gasteiger partial charge in [-0.05, 0) is 0 Å². The number of fused-ring (bicyclic) bond motifs is 1. The molecule has 2 aromatic heterocycles. The van der Waals surface area contributed by atoms with Gasteiger partial charge in [0, 0.05) is 36.8 Å². The molecule has 19 heavy (non-hydrogen) atoms. The van der Waals surface area contributed by atoms with E-state index >= 15 is 0 Å². The van der Waals surface area contributed by atoms with Gasteiger partial charge in [-0.15, -0.1) is 0 Å². The molecule has 0 fully saturated rings. The molecule has 2 N–H and O–H groups in total. The van der Waals surface area contributed by atoms with E-state index in [1.54, 1.807) is 13.2 Å². The number of ether oxygens (including phenoxy) is 1. The standard InChI is InChI=1S/C12H13N5OS/c1-18-10-4-9(14-6-15-10)11-16-8-2-3-13-5-7(8)12(19)17-11/h4,6,13H,2-3,5H2,1H3,(H,16,17,19). The van der Waals surface area contributed by atoms with Crippen molar-refractivity contribution < 1.29 is 4.74 Å². The zero-order chi connectivity index (χ0) is 13.2. The van der Waals surface area contributed by atoms with Gasteiger partial charge in [-0.2, -0.15) is 0 Å². The molecule has 2 aromatic rings. The molecular formula is C12H13N5OS. The lowest BCUT2D eigenvalue weighted by Gasteiger charge is -2.17. The summed E-state index contributed by atoms with van der Waals surface area (Å²) >= 11 is 5.34. The van der Waals surface area contributed by atoms with Crippen LogP contribution in [0.25, 0.3) is 11.5 Å². The Morgan fingerprint density at radius 3 is 3.11 bits per heavy atom. The average Bonchev–Trinajstić information content (AvgIpc) is 2.47. The van der Waals surface area contributed by atoms with Gasteiger partial charge in [-0.3, -0.25) is 0 Å². The second-order valence-electron chi connectivity index (χ2n) is 4.22. The fourth-order valence-corrected chi connectivity index (χ4v) is 2.36. The van der Waals surface area contributed by atoms with Crippen molar-refractivity contribution in [3.63, 3.8) is 0 Å². The van der Waals surface area contributed by atoms with Crippen LogP contribution in [0.5, 0.6) is 5.88 Å². The zero-order valence-electron chi connectivity index (χ0n) is 10.4. The minimum absolute atomic E-state index is 0.505. The third-order valence-corrected chi connectivity index (χ3v) is 3.39. The zero-order valence-corrected chi connectivity index (χ0v) is 11.3. The van der Waals surface area contributed by atoms with Gasteiger partial charge in [0.15, 0.2) is 5.82 Å². The van der Waals surface area contributed by atoms with Gasteiger partial charge in [0.25, 0.3) is 0 Å². The van der Waals surface area contributed by atoms with E-state index in [0.717, 1.165) is 30.8 Å². The van der Waals surface area contributed by atoms with E-state index < -0.39 is 0 Å². The fraction of sp³-hybridized carbons (Fsp3) is 0.333. The minimum Gasteiger partial charge on any atom is -0.481 e. The molecular weight excluding hydrogens is 262 g/mol. The van der Waals surface area contributed by atoms with Crippen LogP contribution in [0.4, 0.5) is 0 Å². The third-order valence-electron chi connectivity index (χ3n) is 3.05. The molecule has 0 saturated carbocycles. The molecule has 0 aromatic carbocycles. The lowest BCUT2D eigenvalue weighted by Crippen LogP contribution is -2.25. The number of rotatable bonds is 2. The summed E-state index contributed by atoms with van der Waals surface area (Å²) in [6, 6.07) is 1.74. The smallest absolute Gasteiger partial charge is 0.216 e. The monoisotopic (exact) mass is 275 g/mol. The summed E-state index contributed by atoms with van der Waals surface area (Å²) in [5, 5.41) is 3.29.